The van der Waals surface area contributed by atoms with Crippen LogP contribution in [0.5, 0.6) is 0 Å². The minimum atomic E-state index is 0.882. The van der Waals surface area contributed by atoms with Crippen LogP contribution < -0.4 is 5.32 Å². The lowest BCUT2D eigenvalue weighted by atomic mass is 10.1. The van der Waals surface area contributed by atoms with Crippen molar-refractivity contribution in [2.75, 3.05) is 7.05 Å². The van der Waals surface area contributed by atoms with Gasteiger partial charge in [-0.3, -0.25) is 0 Å². The molecule has 0 radical (unpaired) electrons. The Morgan fingerprint density at radius 2 is 2.21 bits per heavy atom. The maximum atomic E-state index is 3.54. The van der Waals surface area contributed by atoms with Crippen LogP contribution in [0.4, 0.5) is 0 Å². The fourth-order valence-corrected chi connectivity index (χ4v) is 2.19. The van der Waals surface area contributed by atoms with E-state index in [4.69, 9.17) is 0 Å². The number of H-pyrrole nitrogens is 1. The van der Waals surface area contributed by atoms with Gasteiger partial charge in [0, 0.05) is 22.1 Å². The van der Waals surface area contributed by atoms with Crippen molar-refractivity contribution < 1.29 is 0 Å². The Morgan fingerprint density at radius 1 is 1.43 bits per heavy atom. The summed E-state index contributed by atoms with van der Waals surface area (Å²) in [6.45, 7) is 3.03. The molecule has 0 unspecified atom stereocenters. The smallest absolute Gasteiger partial charge is 0.0603 e. The molecule has 1 heterocycles. The predicted octanol–water partition coefficient (Wildman–Crippen LogP) is 2.96. The van der Waals surface area contributed by atoms with Crippen molar-refractivity contribution >= 4 is 26.8 Å². The van der Waals surface area contributed by atoms with Gasteiger partial charge in [-0.1, -0.05) is 12.1 Å². The summed E-state index contributed by atoms with van der Waals surface area (Å²) >= 11 is 3.54. The van der Waals surface area contributed by atoms with Crippen LogP contribution in [0, 0.1) is 6.92 Å². The summed E-state index contributed by atoms with van der Waals surface area (Å²) in [5, 5.41) is 4.45. The summed E-state index contributed by atoms with van der Waals surface area (Å²) in [7, 11) is 1.96. The highest BCUT2D eigenvalue weighted by atomic mass is 79.9. The molecule has 14 heavy (non-hydrogen) atoms. The molecule has 0 saturated heterocycles. The highest BCUT2D eigenvalue weighted by molar-refractivity contribution is 9.10. The van der Waals surface area contributed by atoms with Crippen LogP contribution in [0.15, 0.2) is 22.7 Å². The molecule has 0 spiro atoms. The van der Waals surface area contributed by atoms with Crippen molar-refractivity contribution in [2.45, 2.75) is 13.5 Å². The number of hydrogen-bond donors (Lipinski definition) is 2. The molecular formula is C11H13BrN2. The first kappa shape index (κ1) is 9.74. The van der Waals surface area contributed by atoms with E-state index in [2.05, 4.69) is 51.4 Å². The third kappa shape index (κ3) is 1.47. The summed E-state index contributed by atoms with van der Waals surface area (Å²) in [6, 6.07) is 6.27. The number of aryl methyl sites for hydroxylation is 1. The lowest BCUT2D eigenvalue weighted by Crippen LogP contribution is -2.06. The highest BCUT2D eigenvalue weighted by Crippen LogP contribution is 2.27. The number of halogens is 1. The molecular weight excluding hydrogens is 240 g/mol. The van der Waals surface area contributed by atoms with Crippen LogP contribution in [0.25, 0.3) is 10.9 Å². The second-order valence-corrected chi connectivity index (χ2v) is 4.28. The Morgan fingerprint density at radius 3 is 2.86 bits per heavy atom. The van der Waals surface area contributed by atoms with Crippen molar-refractivity contribution in [3.63, 3.8) is 0 Å². The van der Waals surface area contributed by atoms with Gasteiger partial charge in [0.1, 0.15) is 0 Å². The Balaban J connectivity index is 2.67. The van der Waals surface area contributed by atoms with Gasteiger partial charge in [0.2, 0.25) is 0 Å². The standard InChI is InChI=1S/C11H13BrN2/c1-7-8-4-3-5-9(12)11(8)14-10(7)6-13-2/h3-5,13-14H,6H2,1-2H3. The summed E-state index contributed by atoms with van der Waals surface area (Å²) in [6.07, 6.45) is 0. The first-order valence-corrected chi connectivity index (χ1v) is 5.43. The van der Waals surface area contributed by atoms with Gasteiger partial charge in [0.15, 0.2) is 0 Å². The van der Waals surface area contributed by atoms with Gasteiger partial charge in [-0.05, 0) is 41.5 Å². The molecule has 0 bridgehead atoms. The second-order valence-electron chi connectivity index (χ2n) is 3.42. The van der Waals surface area contributed by atoms with Crippen molar-refractivity contribution in [3.8, 4) is 0 Å². The predicted molar refractivity (Wildman–Crippen MR) is 63.5 cm³/mol. The Hall–Kier alpha value is -0.800. The Labute approximate surface area is 91.8 Å². The molecule has 2 N–H and O–H groups in total. The summed E-state index contributed by atoms with van der Waals surface area (Å²) < 4.78 is 1.13. The van der Waals surface area contributed by atoms with Crippen LogP contribution in [-0.4, -0.2) is 12.0 Å². The number of nitrogens with one attached hydrogen (secondary N) is 2. The van der Waals surface area contributed by atoms with Crippen molar-refractivity contribution in [3.05, 3.63) is 33.9 Å². The van der Waals surface area contributed by atoms with Crippen LogP contribution >= 0.6 is 15.9 Å². The van der Waals surface area contributed by atoms with E-state index in [1.807, 2.05) is 7.05 Å². The number of rotatable bonds is 2. The third-order valence-electron chi connectivity index (χ3n) is 2.50. The van der Waals surface area contributed by atoms with Gasteiger partial charge < -0.3 is 10.3 Å². The van der Waals surface area contributed by atoms with E-state index in [-0.39, 0.29) is 0 Å². The van der Waals surface area contributed by atoms with Crippen molar-refractivity contribution in [2.24, 2.45) is 0 Å². The third-order valence-corrected chi connectivity index (χ3v) is 3.16. The Bertz CT molecular complexity index is 460. The van der Waals surface area contributed by atoms with E-state index < -0.39 is 0 Å². The maximum absolute atomic E-state index is 3.54. The van der Waals surface area contributed by atoms with Gasteiger partial charge in [-0.25, -0.2) is 0 Å². The maximum Gasteiger partial charge on any atom is 0.0603 e. The molecule has 74 valence electrons. The van der Waals surface area contributed by atoms with E-state index in [0.717, 1.165) is 11.0 Å². The van der Waals surface area contributed by atoms with Crippen LogP contribution in [0.3, 0.4) is 0 Å². The van der Waals surface area contributed by atoms with Crippen LogP contribution in [-0.2, 0) is 6.54 Å². The molecule has 0 aliphatic carbocycles. The van der Waals surface area contributed by atoms with E-state index in [9.17, 15) is 0 Å². The van der Waals surface area contributed by atoms with E-state index in [0.29, 0.717) is 0 Å². The van der Waals surface area contributed by atoms with E-state index in [1.54, 1.807) is 0 Å². The van der Waals surface area contributed by atoms with Crippen LogP contribution in [0.1, 0.15) is 11.3 Å². The molecule has 1 aromatic carbocycles. The van der Waals surface area contributed by atoms with Gasteiger partial charge >= 0.3 is 0 Å². The van der Waals surface area contributed by atoms with Gasteiger partial charge in [0.25, 0.3) is 0 Å². The molecule has 0 aliphatic rings. The molecule has 0 aliphatic heterocycles. The quantitative estimate of drug-likeness (QED) is 0.846. The average molecular weight is 253 g/mol. The van der Waals surface area contributed by atoms with Gasteiger partial charge in [0.05, 0.1) is 5.52 Å². The summed E-state index contributed by atoms with van der Waals surface area (Å²) in [4.78, 5) is 3.42. The lowest BCUT2D eigenvalue weighted by molar-refractivity contribution is 0.794. The van der Waals surface area contributed by atoms with Gasteiger partial charge in [-0.15, -0.1) is 0 Å². The first-order chi connectivity index (χ1) is 6.74. The normalized spacial score (nSPS) is 11.1. The average Bonchev–Trinajstić information content (AvgIpc) is 2.48. The number of para-hydroxylation sites is 1. The molecule has 2 rings (SSSR count). The second kappa shape index (κ2) is 3.75. The van der Waals surface area contributed by atoms with Crippen LogP contribution in [0.2, 0.25) is 0 Å². The highest BCUT2D eigenvalue weighted by Gasteiger charge is 2.07. The molecule has 0 atom stereocenters. The first-order valence-electron chi connectivity index (χ1n) is 4.64. The summed E-state index contributed by atoms with van der Waals surface area (Å²) in [5.74, 6) is 0. The molecule has 2 nitrogen and oxygen atoms in total. The van der Waals surface area contributed by atoms with Crippen molar-refractivity contribution in [1.82, 2.24) is 10.3 Å². The molecule has 2 aromatic rings. The zero-order valence-electron chi connectivity index (χ0n) is 8.32. The zero-order valence-corrected chi connectivity index (χ0v) is 9.90. The zero-order chi connectivity index (χ0) is 10.1. The topological polar surface area (TPSA) is 27.8 Å². The number of aromatic amines is 1. The van der Waals surface area contributed by atoms with E-state index >= 15 is 0 Å². The van der Waals surface area contributed by atoms with Crippen molar-refractivity contribution in [1.29, 1.82) is 0 Å². The Kier molecular flexibility index (Phi) is 2.61. The lowest BCUT2D eigenvalue weighted by Gasteiger charge is -1.96. The minimum absolute atomic E-state index is 0.882. The summed E-state index contributed by atoms with van der Waals surface area (Å²) in [5.41, 5.74) is 3.78. The SMILES string of the molecule is CNCc1[nH]c2c(Br)cccc2c1C. The molecule has 0 fully saturated rings. The number of benzene rings is 1. The number of hydrogen-bond acceptors (Lipinski definition) is 1. The molecule has 0 amide bonds. The fraction of sp³-hybridized carbons (Fsp3) is 0.273. The minimum Gasteiger partial charge on any atom is -0.356 e. The van der Waals surface area contributed by atoms with E-state index in [1.165, 1.54) is 22.2 Å². The molecule has 0 saturated carbocycles. The number of fused-ring (bicyclic) bond motifs is 1. The van der Waals surface area contributed by atoms with Gasteiger partial charge in [-0.2, -0.15) is 0 Å². The monoisotopic (exact) mass is 252 g/mol. The largest absolute Gasteiger partial charge is 0.356 e. The molecule has 1 aromatic heterocycles. The molecule has 3 heteroatoms. The number of aromatic nitrogens is 1. The fourth-order valence-electron chi connectivity index (χ4n) is 1.72.